The van der Waals surface area contributed by atoms with Gasteiger partial charge in [0.2, 0.25) is 0 Å². The Kier molecular flexibility index (Phi) is 6.74. The van der Waals surface area contributed by atoms with Gasteiger partial charge in [-0.15, -0.1) is 11.8 Å². The van der Waals surface area contributed by atoms with Crippen molar-refractivity contribution in [3.05, 3.63) is 59.2 Å². The van der Waals surface area contributed by atoms with Crippen LogP contribution in [0.4, 0.5) is 14.5 Å². The van der Waals surface area contributed by atoms with Crippen molar-refractivity contribution in [2.24, 2.45) is 0 Å². The molecule has 0 heterocycles. The predicted molar refractivity (Wildman–Crippen MR) is 97.2 cm³/mol. The van der Waals surface area contributed by atoms with E-state index in [9.17, 15) is 18.4 Å². The van der Waals surface area contributed by atoms with Gasteiger partial charge in [-0.05, 0) is 44.5 Å². The van der Waals surface area contributed by atoms with Crippen molar-refractivity contribution in [3.63, 3.8) is 0 Å². The van der Waals surface area contributed by atoms with Gasteiger partial charge in [-0.1, -0.05) is 17.7 Å². The van der Waals surface area contributed by atoms with Crippen LogP contribution in [0.25, 0.3) is 0 Å². The summed E-state index contributed by atoms with van der Waals surface area (Å²) in [5.41, 5.74) is 2.01. The third-order valence-electron chi connectivity index (χ3n) is 3.54. The van der Waals surface area contributed by atoms with Crippen molar-refractivity contribution in [1.82, 2.24) is 0 Å². The first kappa shape index (κ1) is 19.9. The summed E-state index contributed by atoms with van der Waals surface area (Å²) in [6.45, 7) is 5.32. The van der Waals surface area contributed by atoms with E-state index in [4.69, 9.17) is 4.74 Å². The number of halogens is 2. The summed E-state index contributed by atoms with van der Waals surface area (Å²) < 4.78 is 31.5. The van der Waals surface area contributed by atoms with E-state index in [0.717, 1.165) is 28.2 Å². The van der Waals surface area contributed by atoms with Crippen LogP contribution in [-0.4, -0.2) is 23.7 Å². The highest BCUT2D eigenvalue weighted by Gasteiger charge is 2.19. The van der Waals surface area contributed by atoms with Crippen LogP contribution >= 0.6 is 11.8 Å². The van der Waals surface area contributed by atoms with Crippen LogP contribution in [0.2, 0.25) is 0 Å². The lowest BCUT2D eigenvalue weighted by atomic mass is 10.2. The molecule has 0 spiro atoms. The van der Waals surface area contributed by atoms with Crippen molar-refractivity contribution in [3.8, 4) is 0 Å². The number of rotatable bonds is 6. The summed E-state index contributed by atoms with van der Waals surface area (Å²) in [5.74, 6) is -2.85. The molecule has 4 nitrogen and oxygen atoms in total. The van der Waals surface area contributed by atoms with Gasteiger partial charge in [0.1, 0.15) is 11.6 Å². The molecular weight excluding hydrogens is 360 g/mol. The molecule has 2 aromatic rings. The van der Waals surface area contributed by atoms with E-state index >= 15 is 0 Å². The molecule has 1 atom stereocenters. The number of aryl methyl sites for hydroxylation is 2. The molecule has 138 valence electrons. The van der Waals surface area contributed by atoms with Crippen LogP contribution < -0.4 is 5.32 Å². The van der Waals surface area contributed by atoms with Gasteiger partial charge in [0.05, 0.1) is 11.4 Å². The van der Waals surface area contributed by atoms with Gasteiger partial charge in [0.15, 0.2) is 6.10 Å². The highest BCUT2D eigenvalue weighted by atomic mass is 32.2. The molecule has 0 radical (unpaired) electrons. The van der Waals surface area contributed by atoms with E-state index < -0.39 is 29.6 Å². The van der Waals surface area contributed by atoms with Crippen LogP contribution in [0.1, 0.15) is 18.1 Å². The Hall–Kier alpha value is -2.41. The quantitative estimate of drug-likeness (QED) is 0.602. The fourth-order valence-electron chi connectivity index (χ4n) is 2.21. The minimum atomic E-state index is -1.10. The number of carbonyl (C=O) groups is 2. The Balaban J connectivity index is 1.86. The van der Waals surface area contributed by atoms with Crippen LogP contribution in [-0.2, 0) is 14.3 Å². The Morgan fingerprint density at radius 2 is 1.88 bits per heavy atom. The Labute approximate surface area is 154 Å². The number of hydrogen-bond acceptors (Lipinski definition) is 4. The van der Waals surface area contributed by atoms with E-state index in [0.29, 0.717) is 6.07 Å². The van der Waals surface area contributed by atoms with Crippen molar-refractivity contribution < 1.29 is 23.1 Å². The molecule has 0 saturated heterocycles. The second-order valence-corrected chi connectivity index (χ2v) is 6.82. The predicted octanol–water partition coefficient (Wildman–Crippen LogP) is 4.24. The summed E-state index contributed by atoms with van der Waals surface area (Å²) in [6, 6.07) is 8.68. The van der Waals surface area contributed by atoms with E-state index in [2.05, 4.69) is 5.32 Å². The minimum Gasteiger partial charge on any atom is -0.452 e. The van der Waals surface area contributed by atoms with Gasteiger partial charge in [-0.2, -0.15) is 0 Å². The van der Waals surface area contributed by atoms with E-state index in [1.807, 2.05) is 32.0 Å². The molecule has 26 heavy (non-hydrogen) atoms. The van der Waals surface area contributed by atoms with Gasteiger partial charge in [-0.25, -0.2) is 8.78 Å². The van der Waals surface area contributed by atoms with Crippen LogP contribution in [0.5, 0.6) is 0 Å². The topological polar surface area (TPSA) is 55.4 Å². The molecule has 0 aliphatic carbocycles. The number of ether oxygens (including phenoxy) is 1. The monoisotopic (exact) mass is 379 g/mol. The maximum atomic E-state index is 13.5. The number of benzene rings is 2. The number of thioether (sulfide) groups is 1. The molecule has 0 aromatic heterocycles. The summed E-state index contributed by atoms with van der Waals surface area (Å²) >= 11 is 1.32. The summed E-state index contributed by atoms with van der Waals surface area (Å²) in [5, 5.41) is 2.27. The summed E-state index contributed by atoms with van der Waals surface area (Å²) in [6.07, 6.45) is -1.10. The Morgan fingerprint density at radius 3 is 2.54 bits per heavy atom. The van der Waals surface area contributed by atoms with E-state index in [-0.39, 0.29) is 11.4 Å². The number of carbonyl (C=O) groups excluding carboxylic acids is 2. The number of nitrogens with one attached hydrogen (secondary N) is 1. The van der Waals surface area contributed by atoms with Gasteiger partial charge < -0.3 is 10.1 Å². The number of amides is 1. The number of esters is 1. The highest BCUT2D eigenvalue weighted by molar-refractivity contribution is 8.00. The van der Waals surface area contributed by atoms with Gasteiger partial charge in [-0.3, -0.25) is 9.59 Å². The molecule has 0 saturated carbocycles. The average Bonchev–Trinajstić information content (AvgIpc) is 2.56. The average molecular weight is 379 g/mol. The number of hydrogen-bond donors (Lipinski definition) is 1. The standard InChI is InChI=1S/C19H19F2NO3S/c1-11-4-7-17(12(2)8-11)26-10-18(23)25-13(3)19(24)22-16-6-5-14(20)9-15(16)21/h4-9,13H,10H2,1-3H3,(H,22,24)/t13-/m1/s1. The van der Waals surface area contributed by atoms with Gasteiger partial charge in [0.25, 0.3) is 5.91 Å². The highest BCUT2D eigenvalue weighted by Crippen LogP contribution is 2.23. The molecule has 7 heteroatoms. The van der Waals surface area contributed by atoms with Crippen LogP contribution in [0.3, 0.4) is 0 Å². The molecule has 0 aliphatic rings. The van der Waals surface area contributed by atoms with E-state index in [1.165, 1.54) is 18.7 Å². The largest absolute Gasteiger partial charge is 0.452 e. The van der Waals surface area contributed by atoms with Crippen molar-refractivity contribution >= 4 is 29.3 Å². The maximum Gasteiger partial charge on any atom is 0.317 e. The molecule has 0 fully saturated rings. The van der Waals surface area contributed by atoms with Gasteiger partial charge >= 0.3 is 5.97 Å². The van der Waals surface area contributed by atoms with Crippen molar-refractivity contribution in [2.75, 3.05) is 11.1 Å². The second kappa shape index (κ2) is 8.80. The molecule has 0 unspecified atom stereocenters. The third kappa shape index (κ3) is 5.56. The Bertz CT molecular complexity index is 826. The normalized spacial score (nSPS) is 11.7. The fourth-order valence-corrected chi connectivity index (χ4v) is 3.00. The molecule has 0 aliphatic heterocycles. The van der Waals surface area contributed by atoms with E-state index in [1.54, 1.807) is 0 Å². The van der Waals surface area contributed by atoms with Crippen molar-refractivity contribution in [1.29, 1.82) is 0 Å². The zero-order valence-electron chi connectivity index (χ0n) is 14.6. The first-order valence-electron chi connectivity index (χ1n) is 7.91. The molecule has 2 aromatic carbocycles. The SMILES string of the molecule is Cc1ccc(SCC(=O)O[C@H](C)C(=O)Nc2ccc(F)cc2F)c(C)c1. The summed E-state index contributed by atoms with van der Waals surface area (Å²) in [4.78, 5) is 24.9. The zero-order valence-corrected chi connectivity index (χ0v) is 15.5. The van der Waals surface area contributed by atoms with Crippen molar-refractivity contribution in [2.45, 2.75) is 31.8 Å². The number of anilines is 1. The Morgan fingerprint density at radius 1 is 1.15 bits per heavy atom. The first-order valence-corrected chi connectivity index (χ1v) is 8.90. The molecular formula is C19H19F2NO3S. The molecule has 1 N–H and O–H groups in total. The summed E-state index contributed by atoms with van der Waals surface area (Å²) in [7, 11) is 0. The molecule has 1 amide bonds. The molecule has 2 rings (SSSR count). The minimum absolute atomic E-state index is 0.0480. The van der Waals surface area contributed by atoms with Gasteiger partial charge in [0, 0.05) is 11.0 Å². The molecule has 0 bridgehead atoms. The first-order chi connectivity index (χ1) is 12.3. The third-order valence-corrected chi connectivity index (χ3v) is 4.69. The lowest BCUT2D eigenvalue weighted by Crippen LogP contribution is -2.30. The fraction of sp³-hybridized carbons (Fsp3) is 0.263. The maximum absolute atomic E-state index is 13.5. The van der Waals surface area contributed by atoms with Crippen LogP contribution in [0.15, 0.2) is 41.3 Å². The lowest BCUT2D eigenvalue weighted by molar-refractivity contribution is -0.150. The second-order valence-electron chi connectivity index (χ2n) is 5.80. The smallest absolute Gasteiger partial charge is 0.317 e. The lowest BCUT2D eigenvalue weighted by Gasteiger charge is -2.14. The zero-order chi connectivity index (χ0) is 19.3. The van der Waals surface area contributed by atoms with Crippen LogP contribution in [0, 0.1) is 25.5 Å².